The number of rotatable bonds is 6. The molecule has 0 unspecified atom stereocenters. The number of benzene rings is 2. The number of methoxy groups -OCH3 is 1. The third-order valence-corrected chi connectivity index (χ3v) is 5.58. The molecule has 2 aromatic carbocycles. The summed E-state index contributed by atoms with van der Waals surface area (Å²) < 4.78 is 5.24. The molecule has 0 bridgehead atoms. The van der Waals surface area contributed by atoms with Crippen LogP contribution in [-0.4, -0.2) is 48.1 Å². The Morgan fingerprint density at radius 3 is 2.31 bits per heavy atom. The lowest BCUT2D eigenvalue weighted by atomic mass is 9.92. The lowest BCUT2D eigenvalue weighted by Crippen LogP contribution is -2.40. The zero-order valence-electron chi connectivity index (χ0n) is 19.3. The number of halogens is 1. The molecule has 6 nitrogen and oxygen atoms in total. The maximum absolute atomic E-state index is 13.2. The molecule has 0 saturated heterocycles. The van der Waals surface area contributed by atoms with Crippen LogP contribution in [0.5, 0.6) is 5.75 Å². The number of nitrogens with zero attached hydrogens (tertiary/aromatic N) is 3. The average molecular weight is 456 g/mol. The van der Waals surface area contributed by atoms with E-state index in [1.807, 2.05) is 69.3 Å². The molecule has 3 rings (SSSR count). The molecule has 0 aliphatic carbocycles. The summed E-state index contributed by atoms with van der Waals surface area (Å²) in [6, 6.07) is 14.8. The number of carbonyl (C=O) groups is 2. The van der Waals surface area contributed by atoms with E-state index >= 15 is 0 Å². The highest BCUT2D eigenvalue weighted by molar-refractivity contribution is 6.30. The minimum atomic E-state index is -0.261. The van der Waals surface area contributed by atoms with Gasteiger partial charge in [-0.25, -0.2) is 5.01 Å². The molecule has 0 radical (unpaired) electrons. The first-order valence-electron chi connectivity index (χ1n) is 10.6. The number of hydrazone groups is 1. The molecular formula is C25H30ClN3O3. The fraction of sp³-hybridized carbons (Fsp3) is 0.400. The molecule has 170 valence electrons. The summed E-state index contributed by atoms with van der Waals surface area (Å²) in [7, 11) is 3.28. The van der Waals surface area contributed by atoms with Gasteiger partial charge in [-0.15, -0.1) is 0 Å². The van der Waals surface area contributed by atoms with Gasteiger partial charge < -0.3 is 9.64 Å². The Bertz CT molecular complexity index is 995. The Kier molecular flexibility index (Phi) is 7.24. The van der Waals surface area contributed by atoms with Gasteiger partial charge in [0.15, 0.2) is 0 Å². The zero-order chi connectivity index (χ0) is 23.5. The first-order chi connectivity index (χ1) is 15.1. The lowest BCUT2D eigenvalue weighted by Gasteiger charge is -2.26. The molecule has 0 saturated carbocycles. The number of carbonyl (C=O) groups excluding carboxylic acids is 2. The van der Waals surface area contributed by atoms with E-state index in [1.165, 1.54) is 9.91 Å². The topological polar surface area (TPSA) is 62.2 Å². The standard InChI is InChI=1S/C25H30ClN3O3/c1-25(2,3)15-23(30)28(4)16-24(31)29-22(18-6-10-19(26)11-7-18)14-21(27-29)17-8-12-20(32-5)13-9-17/h6-13,22H,14-16H2,1-5H3/t22-/m0/s1. The quantitative estimate of drug-likeness (QED) is 0.621. The van der Waals surface area contributed by atoms with Crippen molar-refractivity contribution < 1.29 is 14.3 Å². The summed E-state index contributed by atoms with van der Waals surface area (Å²) in [5.74, 6) is 0.471. The molecule has 7 heteroatoms. The van der Waals surface area contributed by atoms with E-state index in [0.717, 1.165) is 22.6 Å². The zero-order valence-corrected chi connectivity index (χ0v) is 20.0. The van der Waals surface area contributed by atoms with Gasteiger partial charge in [-0.2, -0.15) is 5.10 Å². The smallest absolute Gasteiger partial charge is 0.262 e. The fourth-order valence-electron chi connectivity index (χ4n) is 3.59. The van der Waals surface area contributed by atoms with Crippen LogP contribution < -0.4 is 4.74 Å². The minimum Gasteiger partial charge on any atom is -0.497 e. The van der Waals surface area contributed by atoms with Crippen molar-refractivity contribution >= 4 is 29.1 Å². The van der Waals surface area contributed by atoms with Crippen molar-refractivity contribution in [3.63, 3.8) is 0 Å². The van der Waals surface area contributed by atoms with E-state index in [0.29, 0.717) is 17.9 Å². The van der Waals surface area contributed by atoms with Crippen molar-refractivity contribution in [3.05, 3.63) is 64.7 Å². The van der Waals surface area contributed by atoms with Crippen LogP contribution in [0.1, 0.15) is 50.8 Å². The molecule has 1 aliphatic heterocycles. The van der Waals surface area contributed by atoms with Crippen molar-refractivity contribution in [1.29, 1.82) is 0 Å². The van der Waals surface area contributed by atoms with Crippen molar-refractivity contribution in [2.45, 2.75) is 39.7 Å². The minimum absolute atomic E-state index is 0.0294. The van der Waals surface area contributed by atoms with Gasteiger partial charge in [0.25, 0.3) is 5.91 Å². The van der Waals surface area contributed by atoms with Crippen LogP contribution in [0.4, 0.5) is 0 Å². The monoisotopic (exact) mass is 455 g/mol. The van der Waals surface area contributed by atoms with Crippen LogP contribution in [0.15, 0.2) is 53.6 Å². The van der Waals surface area contributed by atoms with E-state index < -0.39 is 0 Å². The summed E-state index contributed by atoms with van der Waals surface area (Å²) in [5, 5.41) is 6.81. The average Bonchev–Trinajstić information content (AvgIpc) is 3.18. The van der Waals surface area contributed by atoms with E-state index in [2.05, 4.69) is 5.10 Å². The number of hydrogen-bond acceptors (Lipinski definition) is 4. The summed E-state index contributed by atoms with van der Waals surface area (Å²) in [6.07, 6.45) is 0.942. The summed E-state index contributed by atoms with van der Waals surface area (Å²) in [4.78, 5) is 27.2. The predicted octanol–water partition coefficient (Wildman–Crippen LogP) is 4.92. The molecule has 1 aliphatic rings. The Hall–Kier alpha value is -2.86. The number of hydrogen-bond donors (Lipinski definition) is 0. The maximum atomic E-state index is 13.2. The van der Waals surface area contributed by atoms with Crippen LogP contribution in [0, 0.1) is 5.41 Å². The van der Waals surface area contributed by atoms with E-state index in [1.54, 1.807) is 14.2 Å². The molecule has 0 N–H and O–H groups in total. The maximum Gasteiger partial charge on any atom is 0.262 e. The van der Waals surface area contributed by atoms with Gasteiger partial charge >= 0.3 is 0 Å². The van der Waals surface area contributed by atoms with Crippen LogP contribution in [0.25, 0.3) is 0 Å². The highest BCUT2D eigenvalue weighted by Gasteiger charge is 2.34. The SMILES string of the molecule is COc1ccc(C2=NN(C(=O)CN(C)C(=O)CC(C)(C)C)[C@H](c3ccc(Cl)cc3)C2)cc1. The second kappa shape index (κ2) is 9.74. The van der Waals surface area contributed by atoms with Crippen molar-refractivity contribution in [3.8, 4) is 5.75 Å². The largest absolute Gasteiger partial charge is 0.497 e. The van der Waals surface area contributed by atoms with E-state index in [9.17, 15) is 9.59 Å². The molecule has 0 aromatic heterocycles. The molecule has 2 amide bonds. The number of likely N-dealkylation sites (N-methyl/N-ethyl adjacent to an activating group) is 1. The summed E-state index contributed by atoms with van der Waals surface area (Å²) in [5.41, 5.74) is 2.54. The normalized spacial score (nSPS) is 16.0. The molecule has 1 atom stereocenters. The molecule has 32 heavy (non-hydrogen) atoms. The van der Waals surface area contributed by atoms with Crippen molar-refractivity contribution in [2.24, 2.45) is 10.5 Å². The van der Waals surface area contributed by atoms with Gasteiger partial charge in [0.1, 0.15) is 12.3 Å². The number of ether oxygens (including phenoxy) is 1. The highest BCUT2D eigenvalue weighted by atomic mass is 35.5. The van der Waals surface area contributed by atoms with Crippen LogP contribution in [0.2, 0.25) is 5.02 Å². The van der Waals surface area contributed by atoms with E-state index in [4.69, 9.17) is 16.3 Å². The highest BCUT2D eigenvalue weighted by Crippen LogP contribution is 2.34. The molecule has 2 aromatic rings. The van der Waals surface area contributed by atoms with Gasteiger partial charge in [-0.1, -0.05) is 44.5 Å². The Labute approximate surface area is 194 Å². The third-order valence-electron chi connectivity index (χ3n) is 5.32. The molecule has 1 heterocycles. The predicted molar refractivity (Wildman–Crippen MR) is 127 cm³/mol. The summed E-state index contributed by atoms with van der Waals surface area (Å²) in [6.45, 7) is 5.98. The third kappa shape index (κ3) is 5.88. The number of amides is 2. The fourth-order valence-corrected chi connectivity index (χ4v) is 3.72. The van der Waals surface area contributed by atoms with Gasteiger partial charge in [0, 0.05) is 24.9 Å². The van der Waals surface area contributed by atoms with Gasteiger partial charge in [0.05, 0.1) is 18.9 Å². The Morgan fingerprint density at radius 2 is 1.75 bits per heavy atom. The second-order valence-electron chi connectivity index (χ2n) is 9.27. The summed E-state index contributed by atoms with van der Waals surface area (Å²) >= 11 is 6.06. The molecular weight excluding hydrogens is 426 g/mol. The van der Waals surface area contributed by atoms with Crippen LogP contribution in [-0.2, 0) is 9.59 Å². The van der Waals surface area contributed by atoms with E-state index in [-0.39, 0.29) is 29.8 Å². The van der Waals surface area contributed by atoms with Gasteiger partial charge in [-0.3, -0.25) is 9.59 Å². The molecule has 0 fully saturated rings. The van der Waals surface area contributed by atoms with Crippen LogP contribution >= 0.6 is 11.6 Å². The lowest BCUT2D eigenvalue weighted by molar-refractivity contribution is -0.141. The first kappa shape index (κ1) is 23.8. The van der Waals surface area contributed by atoms with Crippen molar-refractivity contribution in [1.82, 2.24) is 9.91 Å². The van der Waals surface area contributed by atoms with Gasteiger partial charge in [0.2, 0.25) is 5.91 Å². The van der Waals surface area contributed by atoms with Gasteiger partial charge in [-0.05, 0) is 52.9 Å². The second-order valence-corrected chi connectivity index (χ2v) is 9.71. The first-order valence-corrected chi connectivity index (χ1v) is 11.0. The van der Waals surface area contributed by atoms with Crippen LogP contribution in [0.3, 0.4) is 0 Å². The van der Waals surface area contributed by atoms with Crippen molar-refractivity contribution in [2.75, 3.05) is 20.7 Å². The molecule has 0 spiro atoms. The Morgan fingerprint density at radius 1 is 1.12 bits per heavy atom. The Balaban J connectivity index is 1.84.